The summed E-state index contributed by atoms with van der Waals surface area (Å²) in [5.74, 6) is -0.215. The van der Waals surface area contributed by atoms with Gasteiger partial charge in [-0.2, -0.15) is 0 Å². The van der Waals surface area contributed by atoms with Gasteiger partial charge in [0.15, 0.2) is 5.11 Å². The summed E-state index contributed by atoms with van der Waals surface area (Å²) in [4.78, 5) is 12.1. The molecule has 0 aromatic heterocycles. The van der Waals surface area contributed by atoms with E-state index in [9.17, 15) is 4.79 Å². The fourth-order valence-electron chi connectivity index (χ4n) is 2.08. The average molecular weight is 377 g/mol. The standard InChI is InChI=1S/C17H17BrN2OS/c1-2-15(12-6-4-3-5-7-12)19-17(22)20-16(21)13-8-10-14(18)11-9-13/h3-11,15H,2H2,1H3,(H2,19,20,21,22). The van der Waals surface area contributed by atoms with Gasteiger partial charge in [0.25, 0.3) is 5.91 Å². The van der Waals surface area contributed by atoms with Crippen LogP contribution in [0, 0.1) is 0 Å². The molecule has 0 spiro atoms. The van der Waals surface area contributed by atoms with Crippen LogP contribution in [-0.2, 0) is 0 Å². The third kappa shape index (κ3) is 4.64. The minimum absolute atomic E-state index is 0.0823. The number of rotatable bonds is 4. The van der Waals surface area contributed by atoms with Gasteiger partial charge in [-0.25, -0.2) is 0 Å². The highest BCUT2D eigenvalue weighted by atomic mass is 79.9. The molecule has 2 aromatic rings. The molecule has 1 atom stereocenters. The van der Waals surface area contributed by atoms with E-state index in [1.807, 2.05) is 42.5 Å². The molecule has 0 aliphatic heterocycles. The zero-order valence-electron chi connectivity index (χ0n) is 12.2. The van der Waals surface area contributed by atoms with Gasteiger partial charge >= 0.3 is 0 Å². The second kappa shape index (κ2) is 8.06. The van der Waals surface area contributed by atoms with Crippen molar-refractivity contribution in [2.24, 2.45) is 0 Å². The van der Waals surface area contributed by atoms with E-state index in [1.165, 1.54) is 0 Å². The first kappa shape index (κ1) is 16.6. The number of carbonyl (C=O) groups is 1. The SMILES string of the molecule is CCC(NC(=S)NC(=O)c1ccc(Br)cc1)c1ccccc1. The number of hydrogen-bond acceptors (Lipinski definition) is 2. The van der Waals surface area contributed by atoms with E-state index in [0.717, 1.165) is 16.5 Å². The van der Waals surface area contributed by atoms with Gasteiger partial charge in [-0.15, -0.1) is 0 Å². The van der Waals surface area contributed by atoms with Crippen molar-refractivity contribution < 1.29 is 4.79 Å². The highest BCUT2D eigenvalue weighted by Crippen LogP contribution is 2.15. The van der Waals surface area contributed by atoms with Crippen LogP contribution in [0.2, 0.25) is 0 Å². The maximum Gasteiger partial charge on any atom is 0.257 e. The quantitative estimate of drug-likeness (QED) is 0.785. The van der Waals surface area contributed by atoms with E-state index in [2.05, 4.69) is 33.5 Å². The minimum Gasteiger partial charge on any atom is -0.356 e. The molecule has 0 aliphatic carbocycles. The Bertz CT molecular complexity index is 643. The number of carbonyl (C=O) groups excluding carboxylic acids is 1. The van der Waals surface area contributed by atoms with Crippen molar-refractivity contribution in [3.8, 4) is 0 Å². The highest BCUT2D eigenvalue weighted by Gasteiger charge is 2.12. The smallest absolute Gasteiger partial charge is 0.257 e. The van der Waals surface area contributed by atoms with Crippen molar-refractivity contribution >= 4 is 39.2 Å². The third-order valence-corrected chi connectivity index (χ3v) is 4.00. The summed E-state index contributed by atoms with van der Waals surface area (Å²) >= 11 is 8.59. The van der Waals surface area contributed by atoms with Crippen molar-refractivity contribution in [1.82, 2.24) is 10.6 Å². The first-order chi connectivity index (χ1) is 10.6. The molecule has 1 amide bonds. The molecule has 0 radical (unpaired) electrons. The van der Waals surface area contributed by atoms with Gasteiger partial charge in [0, 0.05) is 10.0 Å². The Kier molecular flexibility index (Phi) is 6.10. The van der Waals surface area contributed by atoms with Gasteiger partial charge in [-0.05, 0) is 48.5 Å². The van der Waals surface area contributed by atoms with Crippen LogP contribution >= 0.6 is 28.1 Å². The van der Waals surface area contributed by atoms with Gasteiger partial charge in [0.05, 0.1) is 6.04 Å². The Balaban J connectivity index is 1.97. The number of hydrogen-bond donors (Lipinski definition) is 2. The number of thiocarbonyl (C=S) groups is 1. The zero-order valence-corrected chi connectivity index (χ0v) is 14.6. The molecule has 3 nitrogen and oxygen atoms in total. The summed E-state index contributed by atoms with van der Waals surface area (Å²) in [6.07, 6.45) is 0.873. The molecule has 0 saturated carbocycles. The monoisotopic (exact) mass is 376 g/mol. The van der Waals surface area contributed by atoms with Crippen LogP contribution in [0.3, 0.4) is 0 Å². The van der Waals surface area contributed by atoms with E-state index in [4.69, 9.17) is 12.2 Å². The second-order valence-corrected chi connectivity index (χ2v) is 6.13. The Morgan fingerprint density at radius 2 is 1.77 bits per heavy atom. The number of benzene rings is 2. The molecule has 0 saturated heterocycles. The van der Waals surface area contributed by atoms with E-state index in [-0.39, 0.29) is 11.9 Å². The zero-order chi connectivity index (χ0) is 15.9. The molecule has 2 rings (SSSR count). The largest absolute Gasteiger partial charge is 0.356 e. The van der Waals surface area contributed by atoms with Crippen LogP contribution in [0.5, 0.6) is 0 Å². The Morgan fingerprint density at radius 1 is 1.14 bits per heavy atom. The van der Waals surface area contributed by atoms with Crippen LogP contribution in [-0.4, -0.2) is 11.0 Å². The molecule has 114 valence electrons. The summed E-state index contributed by atoms with van der Waals surface area (Å²) in [6, 6.07) is 17.3. The molecule has 0 heterocycles. The predicted octanol–water partition coefficient (Wildman–Crippen LogP) is 4.20. The summed E-state index contributed by atoms with van der Waals surface area (Å²) < 4.78 is 0.930. The average Bonchev–Trinajstić information content (AvgIpc) is 2.54. The van der Waals surface area contributed by atoms with Crippen LogP contribution in [0.15, 0.2) is 59.1 Å². The maximum absolute atomic E-state index is 12.1. The molecule has 1 unspecified atom stereocenters. The van der Waals surface area contributed by atoms with Gasteiger partial charge in [-0.3, -0.25) is 10.1 Å². The maximum atomic E-state index is 12.1. The van der Waals surface area contributed by atoms with Crippen molar-refractivity contribution in [3.05, 3.63) is 70.2 Å². The van der Waals surface area contributed by atoms with Gasteiger partial charge < -0.3 is 5.32 Å². The summed E-state index contributed by atoms with van der Waals surface area (Å²) in [6.45, 7) is 2.07. The van der Waals surface area contributed by atoms with Gasteiger partial charge in [-0.1, -0.05) is 53.2 Å². The van der Waals surface area contributed by atoms with E-state index < -0.39 is 0 Å². The molecule has 0 bridgehead atoms. The lowest BCUT2D eigenvalue weighted by molar-refractivity contribution is 0.0976. The van der Waals surface area contributed by atoms with Gasteiger partial charge in [0.1, 0.15) is 0 Å². The Hall–Kier alpha value is -1.72. The number of halogens is 1. The molecule has 2 aromatic carbocycles. The summed E-state index contributed by atoms with van der Waals surface area (Å²) in [5, 5.41) is 6.24. The predicted molar refractivity (Wildman–Crippen MR) is 96.8 cm³/mol. The Morgan fingerprint density at radius 3 is 2.36 bits per heavy atom. The summed E-state index contributed by atoms with van der Waals surface area (Å²) in [5.41, 5.74) is 1.71. The molecule has 0 fully saturated rings. The van der Waals surface area contributed by atoms with E-state index >= 15 is 0 Å². The van der Waals surface area contributed by atoms with E-state index in [1.54, 1.807) is 12.1 Å². The topological polar surface area (TPSA) is 41.1 Å². The van der Waals surface area contributed by atoms with Crippen LogP contribution < -0.4 is 10.6 Å². The first-order valence-electron chi connectivity index (χ1n) is 7.02. The summed E-state index contributed by atoms with van der Waals surface area (Å²) in [7, 11) is 0. The lowest BCUT2D eigenvalue weighted by Crippen LogP contribution is -2.40. The van der Waals surface area contributed by atoms with Crippen molar-refractivity contribution in [3.63, 3.8) is 0 Å². The van der Waals surface area contributed by atoms with Crippen LogP contribution in [0.1, 0.15) is 35.3 Å². The normalized spacial score (nSPS) is 11.5. The third-order valence-electron chi connectivity index (χ3n) is 3.25. The molecular weight excluding hydrogens is 360 g/mol. The molecule has 0 aliphatic rings. The lowest BCUT2D eigenvalue weighted by atomic mass is 10.1. The fraction of sp³-hybridized carbons (Fsp3) is 0.176. The molecule has 5 heteroatoms. The van der Waals surface area contributed by atoms with Crippen LogP contribution in [0.4, 0.5) is 0 Å². The van der Waals surface area contributed by atoms with Gasteiger partial charge in [0.2, 0.25) is 0 Å². The minimum atomic E-state index is -0.215. The van der Waals surface area contributed by atoms with Crippen molar-refractivity contribution in [2.45, 2.75) is 19.4 Å². The molecule has 22 heavy (non-hydrogen) atoms. The van der Waals surface area contributed by atoms with E-state index in [0.29, 0.717) is 10.7 Å². The highest BCUT2D eigenvalue weighted by molar-refractivity contribution is 9.10. The first-order valence-corrected chi connectivity index (χ1v) is 8.22. The van der Waals surface area contributed by atoms with Crippen molar-refractivity contribution in [2.75, 3.05) is 0 Å². The second-order valence-electron chi connectivity index (χ2n) is 4.81. The molecular formula is C17H17BrN2OS. The number of nitrogens with one attached hydrogen (secondary N) is 2. The lowest BCUT2D eigenvalue weighted by Gasteiger charge is -2.19. The van der Waals surface area contributed by atoms with Crippen molar-refractivity contribution in [1.29, 1.82) is 0 Å². The van der Waals surface area contributed by atoms with Crippen LogP contribution in [0.25, 0.3) is 0 Å². The molecule has 2 N–H and O–H groups in total. The Labute approximate surface area is 144 Å². The fourth-order valence-corrected chi connectivity index (χ4v) is 2.58. The number of amides is 1.